The third kappa shape index (κ3) is 8.71. The van der Waals surface area contributed by atoms with E-state index in [1.807, 2.05) is 0 Å². The highest BCUT2D eigenvalue weighted by atomic mass is 19.4. The Hall–Kier alpha value is -1.15. The smallest absolute Gasteiger partial charge is 0.394 e. The van der Waals surface area contributed by atoms with E-state index >= 15 is 0 Å². The number of rotatable bonds is 20. The minimum atomic E-state index is -7.94. The van der Waals surface area contributed by atoms with E-state index in [2.05, 4.69) is 4.74 Å². The molecule has 36 heavy (non-hydrogen) atoms. The summed E-state index contributed by atoms with van der Waals surface area (Å²) in [5, 5.41) is 8.45. The summed E-state index contributed by atoms with van der Waals surface area (Å²) in [5.41, 5.74) is 0. The van der Waals surface area contributed by atoms with Gasteiger partial charge in [0.1, 0.15) is 6.61 Å². The second-order valence-electron chi connectivity index (χ2n) is 6.73. The monoisotopic (exact) mass is 570 g/mol. The first-order valence-electron chi connectivity index (χ1n) is 9.76. The number of hydrogen-bond acceptors (Lipinski definition) is 6. The highest BCUT2D eigenvalue weighted by Crippen LogP contribution is 2.60. The molecule has 0 saturated carbocycles. The fourth-order valence-electron chi connectivity index (χ4n) is 2.04. The zero-order chi connectivity index (χ0) is 28.3. The first kappa shape index (κ1) is 34.9. The third-order valence-corrected chi connectivity index (χ3v) is 4.01. The van der Waals surface area contributed by atoms with Gasteiger partial charge < -0.3 is 28.8 Å². The largest absolute Gasteiger partial charge is 0.460 e. The van der Waals surface area contributed by atoms with E-state index in [1.54, 1.807) is 0 Å². The Bertz CT molecular complexity index is 616. The van der Waals surface area contributed by atoms with Gasteiger partial charge in [0.2, 0.25) is 0 Å². The minimum Gasteiger partial charge on any atom is -0.394 e. The highest BCUT2D eigenvalue weighted by molar-refractivity contribution is 5.10. The van der Waals surface area contributed by atoms with Gasteiger partial charge in [0, 0.05) is 0 Å². The summed E-state index contributed by atoms with van der Waals surface area (Å²) in [5.74, 6) is -37.2. The van der Waals surface area contributed by atoms with Crippen molar-refractivity contribution in [3.8, 4) is 0 Å². The Morgan fingerprint density at radius 1 is 0.389 bits per heavy atom. The SMILES string of the molecule is OCCOCCOCCOCCOCCOCC(F)(F)C(F)(F)C(F)(F)C(F)(F)C(F)(F)C(F)(F)F. The van der Waals surface area contributed by atoms with Crippen LogP contribution in [0.1, 0.15) is 0 Å². The highest BCUT2D eigenvalue weighted by Gasteiger charge is 2.90. The van der Waals surface area contributed by atoms with Crippen molar-refractivity contribution < 1.29 is 85.9 Å². The molecule has 0 fully saturated rings. The van der Waals surface area contributed by atoms with Gasteiger partial charge in [-0.3, -0.25) is 0 Å². The van der Waals surface area contributed by atoms with Crippen LogP contribution >= 0.6 is 0 Å². The van der Waals surface area contributed by atoms with E-state index in [0.717, 1.165) is 0 Å². The van der Waals surface area contributed by atoms with Crippen LogP contribution in [-0.2, 0) is 23.7 Å². The molecule has 0 atom stereocenters. The van der Waals surface area contributed by atoms with Crippen LogP contribution in [0.5, 0.6) is 0 Å². The molecule has 0 saturated heterocycles. The summed E-state index contributed by atoms with van der Waals surface area (Å²) in [6, 6.07) is 0. The van der Waals surface area contributed by atoms with Crippen molar-refractivity contribution in [3.63, 3.8) is 0 Å². The predicted molar refractivity (Wildman–Crippen MR) is 92.0 cm³/mol. The quantitative estimate of drug-likeness (QED) is 0.178. The van der Waals surface area contributed by atoms with Crippen molar-refractivity contribution in [1.82, 2.24) is 0 Å². The van der Waals surface area contributed by atoms with Crippen molar-refractivity contribution >= 4 is 0 Å². The fraction of sp³-hybridized carbons (Fsp3) is 1.00. The van der Waals surface area contributed by atoms with Crippen LogP contribution in [0.25, 0.3) is 0 Å². The molecule has 0 heterocycles. The number of halogens is 13. The maximum atomic E-state index is 13.5. The third-order valence-electron chi connectivity index (χ3n) is 4.01. The maximum Gasteiger partial charge on any atom is 0.460 e. The van der Waals surface area contributed by atoms with Crippen molar-refractivity contribution in [3.05, 3.63) is 0 Å². The molecule has 0 aliphatic carbocycles. The van der Waals surface area contributed by atoms with Gasteiger partial charge in [-0.2, -0.15) is 57.1 Å². The van der Waals surface area contributed by atoms with E-state index in [9.17, 15) is 57.1 Å². The second kappa shape index (κ2) is 14.1. The molecular weight excluding hydrogens is 547 g/mol. The number of hydrogen-bond donors (Lipinski definition) is 1. The summed E-state index contributed by atoms with van der Waals surface area (Å²) in [6.07, 6.45) is -7.45. The molecule has 0 aromatic heterocycles. The van der Waals surface area contributed by atoms with Crippen LogP contribution in [0.3, 0.4) is 0 Å². The molecule has 0 rings (SSSR count). The molecule has 218 valence electrons. The Morgan fingerprint density at radius 2 is 0.694 bits per heavy atom. The first-order valence-corrected chi connectivity index (χ1v) is 9.76. The molecule has 0 unspecified atom stereocenters. The van der Waals surface area contributed by atoms with Gasteiger partial charge in [0.15, 0.2) is 0 Å². The molecular formula is C17H23F13O6. The summed E-state index contributed by atoms with van der Waals surface area (Å²) in [6.45, 7) is -3.95. The zero-order valence-corrected chi connectivity index (χ0v) is 18.2. The number of aliphatic hydroxyl groups is 1. The molecule has 1 N–H and O–H groups in total. The second-order valence-corrected chi connectivity index (χ2v) is 6.73. The summed E-state index contributed by atoms with van der Waals surface area (Å²) in [7, 11) is 0. The van der Waals surface area contributed by atoms with E-state index in [4.69, 9.17) is 24.1 Å². The van der Waals surface area contributed by atoms with E-state index in [0.29, 0.717) is 0 Å². The van der Waals surface area contributed by atoms with E-state index < -0.39 is 55.6 Å². The van der Waals surface area contributed by atoms with Crippen molar-refractivity contribution in [2.45, 2.75) is 35.8 Å². The summed E-state index contributed by atoms with van der Waals surface area (Å²) < 4.78 is 192. The average Bonchev–Trinajstić information content (AvgIpc) is 2.75. The van der Waals surface area contributed by atoms with Crippen LogP contribution < -0.4 is 0 Å². The maximum absolute atomic E-state index is 13.5. The average molecular weight is 570 g/mol. The van der Waals surface area contributed by atoms with Gasteiger partial charge in [-0.1, -0.05) is 0 Å². The zero-order valence-electron chi connectivity index (χ0n) is 18.2. The lowest BCUT2D eigenvalue weighted by Crippen LogP contribution is -2.70. The predicted octanol–water partition coefficient (Wildman–Crippen LogP) is 3.80. The number of aliphatic hydroxyl groups excluding tert-OH is 1. The minimum absolute atomic E-state index is 0.0761. The molecule has 0 aliphatic heterocycles. The summed E-state index contributed by atoms with van der Waals surface area (Å²) >= 11 is 0. The van der Waals surface area contributed by atoms with Crippen molar-refractivity contribution in [2.24, 2.45) is 0 Å². The van der Waals surface area contributed by atoms with Gasteiger partial charge in [0.25, 0.3) is 0 Å². The molecule has 0 amide bonds. The summed E-state index contributed by atoms with van der Waals surface area (Å²) in [4.78, 5) is 0. The first-order chi connectivity index (χ1) is 16.3. The fourth-order valence-corrected chi connectivity index (χ4v) is 2.04. The van der Waals surface area contributed by atoms with Crippen LogP contribution in [-0.4, -0.2) is 114 Å². The standard InChI is InChI=1S/C17H23F13O6/c18-12(19,13(20,21)14(22,23)15(24,25)16(26,27)17(28,29)30)11-36-10-9-35-8-7-34-6-5-33-4-3-32-2-1-31/h31H,1-11H2. The molecule has 0 bridgehead atoms. The lowest BCUT2D eigenvalue weighted by molar-refractivity contribution is -0.441. The van der Waals surface area contributed by atoms with E-state index in [-0.39, 0.29) is 52.9 Å². The Kier molecular flexibility index (Phi) is 13.7. The lowest BCUT2D eigenvalue weighted by Gasteiger charge is -2.39. The van der Waals surface area contributed by atoms with Gasteiger partial charge in [-0.05, 0) is 0 Å². The van der Waals surface area contributed by atoms with E-state index in [1.165, 1.54) is 0 Å². The Labute approximate surface area is 195 Å². The molecule has 0 spiro atoms. The van der Waals surface area contributed by atoms with Crippen LogP contribution in [0.2, 0.25) is 0 Å². The van der Waals surface area contributed by atoms with Gasteiger partial charge in [-0.25, -0.2) is 0 Å². The molecule has 0 aromatic carbocycles. The van der Waals surface area contributed by atoms with Crippen LogP contribution in [0, 0.1) is 0 Å². The van der Waals surface area contributed by atoms with Crippen molar-refractivity contribution in [2.75, 3.05) is 72.7 Å². The topological polar surface area (TPSA) is 66.4 Å². The number of alkyl halides is 13. The number of ether oxygens (including phenoxy) is 5. The van der Waals surface area contributed by atoms with Crippen molar-refractivity contribution in [1.29, 1.82) is 0 Å². The van der Waals surface area contributed by atoms with Gasteiger partial charge in [0.05, 0.1) is 66.1 Å². The Morgan fingerprint density at radius 3 is 1.03 bits per heavy atom. The molecule has 6 nitrogen and oxygen atoms in total. The Balaban J connectivity index is 4.45. The molecule has 0 radical (unpaired) electrons. The van der Waals surface area contributed by atoms with Crippen LogP contribution in [0.15, 0.2) is 0 Å². The van der Waals surface area contributed by atoms with Gasteiger partial charge in [-0.15, -0.1) is 0 Å². The molecule has 19 heteroatoms. The van der Waals surface area contributed by atoms with Gasteiger partial charge >= 0.3 is 35.8 Å². The lowest BCUT2D eigenvalue weighted by atomic mass is 9.94. The van der Waals surface area contributed by atoms with Crippen LogP contribution in [0.4, 0.5) is 57.1 Å². The molecule has 0 aromatic rings. The normalized spacial score (nSPS) is 14.5. The molecule has 0 aliphatic rings.